The molecule has 0 saturated heterocycles. The summed E-state index contributed by atoms with van der Waals surface area (Å²) >= 11 is 1.18. The van der Waals surface area contributed by atoms with Crippen LogP contribution in [0.25, 0.3) is 0 Å². The van der Waals surface area contributed by atoms with E-state index in [0.717, 1.165) is 5.56 Å². The van der Waals surface area contributed by atoms with E-state index in [9.17, 15) is 8.42 Å². The first-order valence-corrected chi connectivity index (χ1v) is 9.04. The van der Waals surface area contributed by atoms with Gasteiger partial charge in [-0.3, -0.25) is 9.40 Å². The molecule has 0 atom stereocenters. The van der Waals surface area contributed by atoms with E-state index < -0.39 is 10.0 Å². The topological polar surface area (TPSA) is 64.0 Å². The molecule has 7 heteroatoms. The largest absolute Gasteiger partial charge is 0.276 e. The molecule has 0 saturated carbocycles. The molecule has 0 aliphatic heterocycles. The molecule has 3 rings (SSSR count). The van der Waals surface area contributed by atoms with Gasteiger partial charge >= 0.3 is 0 Å². The summed E-state index contributed by atoms with van der Waals surface area (Å²) in [5.41, 5.74) is 2.79. The SMILES string of the molecule is Cc1ccccc1Cn1cc(NS(=O)(=O)c2cccs2)cn1. The fourth-order valence-corrected chi connectivity index (χ4v) is 4.11. The Labute approximate surface area is 133 Å². The highest BCUT2D eigenvalue weighted by Gasteiger charge is 2.16. The summed E-state index contributed by atoms with van der Waals surface area (Å²) in [6, 6.07) is 11.3. The van der Waals surface area contributed by atoms with Crippen molar-refractivity contribution >= 4 is 27.0 Å². The first kappa shape index (κ1) is 14.8. The lowest BCUT2D eigenvalue weighted by atomic mass is 10.1. The van der Waals surface area contributed by atoms with E-state index in [0.29, 0.717) is 16.4 Å². The van der Waals surface area contributed by atoms with Crippen LogP contribution in [0, 0.1) is 6.92 Å². The molecule has 0 radical (unpaired) electrons. The van der Waals surface area contributed by atoms with Crippen molar-refractivity contribution in [1.82, 2.24) is 9.78 Å². The lowest BCUT2D eigenvalue weighted by Crippen LogP contribution is -2.10. The molecule has 0 bridgehead atoms. The summed E-state index contributed by atoms with van der Waals surface area (Å²) in [5, 5.41) is 5.94. The quantitative estimate of drug-likeness (QED) is 0.780. The summed E-state index contributed by atoms with van der Waals surface area (Å²) < 4.78 is 28.8. The van der Waals surface area contributed by atoms with Crippen LogP contribution in [0.1, 0.15) is 11.1 Å². The molecule has 0 spiro atoms. The minimum atomic E-state index is -3.52. The second-order valence-corrected chi connectivity index (χ2v) is 7.75. The summed E-state index contributed by atoms with van der Waals surface area (Å²) in [5.74, 6) is 0. The highest BCUT2D eigenvalue weighted by molar-refractivity contribution is 7.94. The number of sulfonamides is 1. The fraction of sp³-hybridized carbons (Fsp3) is 0.133. The zero-order valence-electron chi connectivity index (χ0n) is 11.9. The summed E-state index contributed by atoms with van der Waals surface area (Å²) in [4.78, 5) is 0. The summed E-state index contributed by atoms with van der Waals surface area (Å²) in [6.45, 7) is 2.65. The zero-order chi connectivity index (χ0) is 15.6. The molecule has 2 heterocycles. The van der Waals surface area contributed by atoms with Crippen molar-refractivity contribution in [2.24, 2.45) is 0 Å². The normalized spacial score (nSPS) is 11.5. The molecule has 5 nitrogen and oxygen atoms in total. The smallest absolute Gasteiger partial charge is 0.271 e. The predicted octanol–water partition coefficient (Wildman–Crippen LogP) is 3.10. The van der Waals surface area contributed by atoms with Crippen LogP contribution >= 0.6 is 11.3 Å². The Balaban J connectivity index is 1.76. The van der Waals surface area contributed by atoms with Crippen LogP contribution in [0.4, 0.5) is 5.69 Å². The van der Waals surface area contributed by atoms with Gasteiger partial charge in [-0.05, 0) is 29.5 Å². The van der Waals surface area contributed by atoms with Crippen molar-refractivity contribution in [3.8, 4) is 0 Å². The van der Waals surface area contributed by atoms with Crippen molar-refractivity contribution in [1.29, 1.82) is 0 Å². The summed E-state index contributed by atoms with van der Waals surface area (Å²) in [7, 11) is -3.52. The second kappa shape index (κ2) is 5.94. The van der Waals surface area contributed by atoms with E-state index in [2.05, 4.69) is 9.82 Å². The number of nitrogens with zero attached hydrogens (tertiary/aromatic N) is 2. The number of thiophene rings is 1. The maximum absolute atomic E-state index is 12.1. The molecule has 1 N–H and O–H groups in total. The van der Waals surface area contributed by atoms with Crippen LogP contribution < -0.4 is 4.72 Å². The van der Waals surface area contributed by atoms with Gasteiger partial charge < -0.3 is 0 Å². The van der Waals surface area contributed by atoms with Crippen LogP contribution in [-0.2, 0) is 16.6 Å². The minimum absolute atomic E-state index is 0.291. The van der Waals surface area contributed by atoms with Gasteiger partial charge in [-0.25, -0.2) is 8.42 Å². The van der Waals surface area contributed by atoms with Gasteiger partial charge in [-0.2, -0.15) is 5.10 Å². The van der Waals surface area contributed by atoms with E-state index in [-0.39, 0.29) is 0 Å². The molecule has 0 aliphatic rings. The van der Waals surface area contributed by atoms with Crippen molar-refractivity contribution in [2.75, 3.05) is 4.72 Å². The van der Waals surface area contributed by atoms with Gasteiger partial charge in [0.2, 0.25) is 0 Å². The van der Waals surface area contributed by atoms with Gasteiger partial charge in [-0.15, -0.1) is 11.3 Å². The van der Waals surface area contributed by atoms with E-state index in [1.54, 1.807) is 28.4 Å². The predicted molar refractivity (Wildman–Crippen MR) is 87.6 cm³/mol. The Morgan fingerprint density at radius 1 is 1.23 bits per heavy atom. The Bertz CT molecular complexity index is 868. The first-order valence-electron chi connectivity index (χ1n) is 6.68. The lowest BCUT2D eigenvalue weighted by molar-refractivity contribution is 0.603. The highest BCUT2D eigenvalue weighted by atomic mass is 32.2. The average Bonchev–Trinajstić information content (AvgIpc) is 3.13. The highest BCUT2D eigenvalue weighted by Crippen LogP contribution is 2.20. The number of nitrogens with one attached hydrogen (secondary N) is 1. The first-order chi connectivity index (χ1) is 10.5. The van der Waals surface area contributed by atoms with E-state index >= 15 is 0 Å². The molecule has 0 aliphatic carbocycles. The molecule has 0 amide bonds. The molecule has 22 heavy (non-hydrogen) atoms. The standard InChI is InChI=1S/C15H15N3O2S2/c1-12-5-2-3-6-13(12)10-18-11-14(9-16-18)17-22(19,20)15-7-4-8-21-15/h2-9,11,17H,10H2,1H3. The molecular formula is C15H15N3O2S2. The van der Waals surface area contributed by atoms with Gasteiger partial charge in [0, 0.05) is 6.20 Å². The van der Waals surface area contributed by atoms with Crippen molar-refractivity contribution < 1.29 is 8.42 Å². The number of rotatable bonds is 5. The number of hydrogen-bond donors (Lipinski definition) is 1. The molecular weight excluding hydrogens is 318 g/mol. The second-order valence-electron chi connectivity index (χ2n) is 4.89. The maximum Gasteiger partial charge on any atom is 0.271 e. The molecule has 3 aromatic rings. The third kappa shape index (κ3) is 3.20. The fourth-order valence-electron chi connectivity index (χ4n) is 2.09. The van der Waals surface area contributed by atoms with Crippen LogP contribution in [0.3, 0.4) is 0 Å². The molecule has 114 valence electrons. The number of aromatic nitrogens is 2. The number of benzene rings is 1. The van der Waals surface area contributed by atoms with Crippen molar-refractivity contribution in [3.63, 3.8) is 0 Å². The molecule has 1 aromatic carbocycles. The van der Waals surface area contributed by atoms with Crippen molar-refractivity contribution in [2.45, 2.75) is 17.7 Å². The third-order valence-corrected chi connectivity index (χ3v) is 6.02. The van der Waals surface area contributed by atoms with Gasteiger partial charge in [0.1, 0.15) is 4.21 Å². The molecule has 2 aromatic heterocycles. The van der Waals surface area contributed by atoms with Crippen molar-refractivity contribution in [3.05, 3.63) is 65.3 Å². The van der Waals surface area contributed by atoms with E-state index in [4.69, 9.17) is 0 Å². The Morgan fingerprint density at radius 3 is 2.77 bits per heavy atom. The van der Waals surface area contributed by atoms with E-state index in [1.807, 2.05) is 31.2 Å². The van der Waals surface area contributed by atoms with Crippen LogP contribution in [0.2, 0.25) is 0 Å². The lowest BCUT2D eigenvalue weighted by Gasteiger charge is -2.05. The van der Waals surface area contributed by atoms with Gasteiger partial charge in [0.25, 0.3) is 10.0 Å². The Morgan fingerprint density at radius 2 is 2.05 bits per heavy atom. The number of aryl methyl sites for hydroxylation is 1. The average molecular weight is 333 g/mol. The van der Waals surface area contributed by atoms with E-state index in [1.165, 1.54) is 23.1 Å². The van der Waals surface area contributed by atoms with Gasteiger partial charge in [-0.1, -0.05) is 30.3 Å². The molecule has 0 fully saturated rings. The van der Waals surface area contributed by atoms with Crippen LogP contribution in [-0.4, -0.2) is 18.2 Å². The Hall–Kier alpha value is -2.12. The summed E-state index contributed by atoms with van der Waals surface area (Å²) in [6.07, 6.45) is 3.21. The minimum Gasteiger partial charge on any atom is -0.276 e. The molecule has 0 unspecified atom stereocenters. The zero-order valence-corrected chi connectivity index (χ0v) is 13.6. The monoisotopic (exact) mass is 333 g/mol. The number of anilines is 1. The van der Waals surface area contributed by atoms with Gasteiger partial charge in [0.15, 0.2) is 0 Å². The third-order valence-electron chi connectivity index (χ3n) is 3.24. The Kier molecular flexibility index (Phi) is 4.00. The van der Waals surface area contributed by atoms with Gasteiger partial charge in [0.05, 0.1) is 18.4 Å². The van der Waals surface area contributed by atoms with Crippen LogP contribution in [0.5, 0.6) is 0 Å². The number of hydrogen-bond acceptors (Lipinski definition) is 4. The maximum atomic E-state index is 12.1. The van der Waals surface area contributed by atoms with Crippen LogP contribution in [0.15, 0.2) is 58.4 Å².